The van der Waals surface area contributed by atoms with Crippen molar-refractivity contribution in [3.05, 3.63) is 101 Å². The molecular weight excluding hydrogens is 599 g/mol. The summed E-state index contributed by atoms with van der Waals surface area (Å²) in [6.07, 6.45) is 2.34. The first-order valence-electron chi connectivity index (χ1n) is 15.7. The first-order chi connectivity index (χ1) is 21.9. The van der Waals surface area contributed by atoms with Gasteiger partial charge in [0.1, 0.15) is 11.4 Å². The molecule has 0 radical (unpaired) electrons. The Kier molecular flexibility index (Phi) is 8.52. The Morgan fingerprint density at radius 2 is 1.89 bits per heavy atom. The number of nitrogens with zero attached hydrogens (tertiary/aromatic N) is 1. The third-order valence-electron chi connectivity index (χ3n) is 10.1. The van der Waals surface area contributed by atoms with Crippen LogP contribution in [-0.2, 0) is 17.7 Å². The van der Waals surface area contributed by atoms with E-state index in [9.17, 15) is 27.9 Å². The lowest BCUT2D eigenvalue weighted by atomic mass is 9.65. The maximum absolute atomic E-state index is 13.9. The summed E-state index contributed by atoms with van der Waals surface area (Å²) >= 11 is 0. The highest BCUT2D eigenvalue weighted by Gasteiger charge is 2.64. The van der Waals surface area contributed by atoms with Gasteiger partial charge in [-0.1, -0.05) is 42.8 Å². The second kappa shape index (κ2) is 12.3. The van der Waals surface area contributed by atoms with Crippen molar-refractivity contribution in [3.63, 3.8) is 0 Å². The summed E-state index contributed by atoms with van der Waals surface area (Å²) in [4.78, 5) is 28.9. The average molecular weight is 638 g/mol. The van der Waals surface area contributed by atoms with Crippen molar-refractivity contribution in [1.29, 1.82) is 0 Å². The molecule has 4 aliphatic rings. The van der Waals surface area contributed by atoms with Crippen LogP contribution < -0.4 is 4.74 Å². The molecule has 7 rings (SSSR count). The predicted octanol–water partition coefficient (Wildman–Crippen LogP) is 8.11. The molecule has 1 saturated heterocycles. The highest BCUT2D eigenvalue weighted by molar-refractivity contribution is 6.08. The molecule has 4 unspecified atom stereocenters. The summed E-state index contributed by atoms with van der Waals surface area (Å²) < 4.78 is 53.7. The van der Waals surface area contributed by atoms with Crippen LogP contribution in [0.4, 0.5) is 18.0 Å². The molecule has 2 heterocycles. The number of halogens is 3. The van der Waals surface area contributed by atoms with Crippen LogP contribution in [0.15, 0.2) is 76.9 Å². The molecule has 46 heavy (non-hydrogen) atoms. The van der Waals surface area contributed by atoms with Gasteiger partial charge in [-0.05, 0) is 105 Å². The molecule has 244 valence electrons. The Morgan fingerprint density at radius 3 is 2.61 bits per heavy atom. The van der Waals surface area contributed by atoms with Gasteiger partial charge in [-0.25, -0.2) is 4.79 Å². The minimum Gasteiger partial charge on any atom is -0.461 e. The van der Waals surface area contributed by atoms with Crippen LogP contribution in [0.1, 0.15) is 91.1 Å². The van der Waals surface area contributed by atoms with Crippen molar-refractivity contribution in [2.75, 3.05) is 6.54 Å². The van der Waals surface area contributed by atoms with Gasteiger partial charge in [0, 0.05) is 17.5 Å². The zero-order valence-corrected chi connectivity index (χ0v) is 25.9. The number of benzene rings is 2. The first-order valence-corrected chi connectivity index (χ1v) is 15.7. The number of amides is 1. The fourth-order valence-electron chi connectivity index (χ4n) is 7.66. The Hall–Kier alpha value is -4.05. The van der Waals surface area contributed by atoms with E-state index in [4.69, 9.17) is 9.15 Å². The molecule has 7 nitrogen and oxygen atoms in total. The van der Waals surface area contributed by atoms with Gasteiger partial charge in [-0.2, -0.15) is 0 Å². The molecular formula is C36H38F3NO6. The normalized spacial score (nSPS) is 26.9. The van der Waals surface area contributed by atoms with E-state index >= 15 is 0 Å². The number of aliphatic hydroxyl groups excluding tert-OH is 1. The van der Waals surface area contributed by atoms with Gasteiger partial charge in [0.15, 0.2) is 5.76 Å². The number of hydrogen-bond donors (Lipinski definition) is 1. The third kappa shape index (κ3) is 6.32. The van der Waals surface area contributed by atoms with Gasteiger partial charge in [-0.15, -0.1) is 13.2 Å². The summed E-state index contributed by atoms with van der Waals surface area (Å²) in [7, 11) is 0. The lowest BCUT2D eigenvalue weighted by Gasteiger charge is -2.43. The van der Waals surface area contributed by atoms with Crippen molar-refractivity contribution in [3.8, 4) is 5.75 Å². The van der Waals surface area contributed by atoms with Crippen LogP contribution in [0.2, 0.25) is 0 Å². The molecule has 1 aromatic heterocycles. The molecule has 10 heteroatoms. The Balaban J connectivity index is 1.35. The molecule has 2 bridgehead atoms. The predicted molar refractivity (Wildman–Crippen MR) is 163 cm³/mol. The Morgan fingerprint density at radius 1 is 1.11 bits per heavy atom. The quantitative estimate of drug-likeness (QED) is 0.225. The molecule has 1 amide bonds. The van der Waals surface area contributed by atoms with E-state index in [1.54, 1.807) is 17.0 Å². The standard InChI is InChI=1S/C36H38F3NO6/c1-23-5-3-16-34(2)30(28-14-10-25(19-26(41)11-7-23)20-29(28)32(42)31-6-4-18-44-31)15-17-35(34)22-40(33(43)46-35)21-24-8-12-27(13-9-24)45-36(37,38)39/h4-6,8-10,12-14,18,20,26,30,41H,3,7,11,15-17,19,21-22H2,1-2H3. The van der Waals surface area contributed by atoms with Crippen LogP contribution in [0.25, 0.3) is 0 Å². The number of carbonyl (C=O) groups excluding carboxylic acids is 2. The minimum atomic E-state index is -4.79. The second-order valence-corrected chi connectivity index (χ2v) is 13.1. The van der Waals surface area contributed by atoms with E-state index in [1.807, 2.05) is 18.2 Å². The minimum absolute atomic E-state index is 0.122. The highest BCUT2D eigenvalue weighted by Crippen LogP contribution is 2.61. The average Bonchev–Trinajstić information content (AvgIpc) is 3.71. The number of furan rings is 1. The van der Waals surface area contributed by atoms with Crippen LogP contribution in [-0.4, -0.2) is 46.5 Å². The Labute approximate surface area is 266 Å². The number of alkyl halides is 3. The lowest BCUT2D eigenvalue weighted by Crippen LogP contribution is -2.48. The zero-order chi connectivity index (χ0) is 32.7. The summed E-state index contributed by atoms with van der Waals surface area (Å²) in [6, 6.07) is 14.7. The fraction of sp³-hybridized carbons (Fsp3) is 0.444. The van der Waals surface area contributed by atoms with Crippen molar-refractivity contribution >= 4 is 11.9 Å². The topological polar surface area (TPSA) is 89.2 Å². The van der Waals surface area contributed by atoms with Crippen LogP contribution in [0.3, 0.4) is 0 Å². The zero-order valence-electron chi connectivity index (χ0n) is 25.9. The van der Waals surface area contributed by atoms with Crippen molar-refractivity contribution in [2.45, 2.75) is 89.3 Å². The molecule has 4 atom stereocenters. The van der Waals surface area contributed by atoms with E-state index in [0.717, 1.165) is 24.0 Å². The smallest absolute Gasteiger partial charge is 0.461 e. The van der Waals surface area contributed by atoms with Crippen LogP contribution in [0.5, 0.6) is 5.75 Å². The van der Waals surface area contributed by atoms with Gasteiger partial charge in [-0.3, -0.25) is 9.69 Å². The number of carbonyl (C=O) groups is 2. The SMILES string of the molecule is CC1=CCCC2(C)C(CCC23CN(Cc2ccc(OC(F)(F)F)cc2)C(=O)O3)c2ccc(cc2C(=O)c2ccco2)CC(O)CC1. The fourth-order valence-corrected chi connectivity index (χ4v) is 7.66. The number of rotatable bonds is 5. The molecule has 1 N–H and O–H groups in total. The summed E-state index contributed by atoms with van der Waals surface area (Å²) in [5, 5.41) is 10.8. The largest absolute Gasteiger partial charge is 0.573 e. The number of fused-ring (bicyclic) bond motifs is 8. The van der Waals surface area contributed by atoms with Crippen LogP contribution in [0, 0.1) is 5.41 Å². The lowest BCUT2D eigenvalue weighted by molar-refractivity contribution is -0.274. The third-order valence-corrected chi connectivity index (χ3v) is 10.1. The van der Waals surface area contributed by atoms with Crippen LogP contribution >= 0.6 is 0 Å². The van der Waals surface area contributed by atoms with Gasteiger partial charge in [0.05, 0.1) is 18.9 Å². The number of allylic oxidation sites excluding steroid dienone is 2. The molecule has 3 aliphatic carbocycles. The van der Waals surface area contributed by atoms with E-state index in [2.05, 4.69) is 24.7 Å². The molecule has 2 fully saturated rings. The van der Waals surface area contributed by atoms with E-state index in [1.165, 1.54) is 36.1 Å². The van der Waals surface area contributed by atoms with Crippen molar-refractivity contribution in [1.82, 2.24) is 4.90 Å². The van der Waals surface area contributed by atoms with Crippen molar-refractivity contribution < 1.29 is 41.8 Å². The summed E-state index contributed by atoms with van der Waals surface area (Å²) in [6.45, 7) is 4.71. The van der Waals surface area contributed by atoms with Gasteiger partial charge < -0.3 is 19.0 Å². The van der Waals surface area contributed by atoms with E-state index in [-0.39, 0.29) is 29.8 Å². The monoisotopic (exact) mass is 637 g/mol. The van der Waals surface area contributed by atoms with E-state index in [0.29, 0.717) is 49.8 Å². The number of hydrogen-bond acceptors (Lipinski definition) is 6. The Bertz CT molecular complexity index is 1620. The number of ether oxygens (including phenoxy) is 2. The molecule has 1 aliphatic heterocycles. The maximum atomic E-state index is 13.9. The highest BCUT2D eigenvalue weighted by atomic mass is 19.4. The second-order valence-electron chi connectivity index (χ2n) is 13.1. The molecule has 1 spiro atoms. The maximum Gasteiger partial charge on any atom is 0.573 e. The van der Waals surface area contributed by atoms with E-state index < -0.39 is 29.6 Å². The molecule has 1 saturated carbocycles. The number of aliphatic hydroxyl groups is 1. The van der Waals surface area contributed by atoms with Gasteiger partial charge in [0.2, 0.25) is 5.78 Å². The molecule has 2 aromatic carbocycles. The number of ketones is 1. The first kappa shape index (κ1) is 31.9. The molecule has 3 aromatic rings. The summed E-state index contributed by atoms with van der Waals surface area (Å²) in [5.41, 5.74) is 2.70. The summed E-state index contributed by atoms with van der Waals surface area (Å²) in [5.74, 6) is -0.446. The van der Waals surface area contributed by atoms with Gasteiger partial charge >= 0.3 is 12.5 Å². The van der Waals surface area contributed by atoms with Crippen molar-refractivity contribution in [2.24, 2.45) is 5.41 Å². The van der Waals surface area contributed by atoms with Gasteiger partial charge in [0.25, 0.3) is 0 Å².